The quantitative estimate of drug-likeness (QED) is 0.425. The third-order valence-corrected chi connectivity index (χ3v) is 6.48. The number of carbonyl (C=O) groups excluding carboxylic acids is 1. The summed E-state index contributed by atoms with van der Waals surface area (Å²) in [5.41, 5.74) is 0.343. The molecule has 0 radical (unpaired) electrons. The van der Waals surface area contributed by atoms with E-state index in [-0.39, 0.29) is 15.7 Å². The number of carbonyl (C=O) groups is 1. The molecule has 0 saturated heterocycles. The number of hydrogen-bond donors (Lipinski definition) is 1. The fraction of sp³-hybridized carbons (Fsp3) is 0.316. The molecule has 1 N–H and O–H groups in total. The van der Waals surface area contributed by atoms with Crippen molar-refractivity contribution in [1.82, 2.24) is 9.79 Å². The largest absolute Gasteiger partial charge is 0.493 e. The maximum absolute atomic E-state index is 12.5. The van der Waals surface area contributed by atoms with Crippen molar-refractivity contribution in [2.45, 2.75) is 16.2 Å². The van der Waals surface area contributed by atoms with E-state index in [9.17, 15) is 21.6 Å². The topological polar surface area (TPSA) is 119 Å². The standard InChI is InChI=1S/C19H24N2O7S2/c1-21(12-5-13-28-16-6-4-7-18(14-16)29(3,23)24)19(22)15-8-10-17(11-9-15)30(25,26)20-27-2/h4,6-11,14,20H,5,12-13H2,1-3H3. The molecule has 0 aliphatic heterocycles. The van der Waals surface area contributed by atoms with Crippen molar-refractivity contribution < 1.29 is 31.2 Å². The first-order valence-electron chi connectivity index (χ1n) is 8.88. The van der Waals surface area contributed by atoms with Crippen LogP contribution in [0.4, 0.5) is 0 Å². The van der Waals surface area contributed by atoms with Crippen LogP contribution in [0.15, 0.2) is 58.3 Å². The summed E-state index contributed by atoms with van der Waals surface area (Å²) < 4.78 is 52.4. The number of sulfonamides is 1. The Morgan fingerprint density at radius 1 is 1.03 bits per heavy atom. The van der Waals surface area contributed by atoms with Crippen LogP contribution in [0, 0.1) is 0 Å². The van der Waals surface area contributed by atoms with Gasteiger partial charge in [-0.1, -0.05) is 11.0 Å². The number of nitrogens with one attached hydrogen (secondary N) is 1. The van der Waals surface area contributed by atoms with Gasteiger partial charge in [0, 0.05) is 25.4 Å². The molecule has 1 amide bonds. The van der Waals surface area contributed by atoms with Gasteiger partial charge in [-0.2, -0.15) is 0 Å². The second-order valence-corrected chi connectivity index (χ2v) is 10.2. The van der Waals surface area contributed by atoms with Gasteiger partial charge in [-0.15, -0.1) is 0 Å². The molecule has 0 saturated carbocycles. The Bertz CT molecular complexity index is 1080. The van der Waals surface area contributed by atoms with Crippen LogP contribution in [-0.2, 0) is 24.7 Å². The highest BCUT2D eigenvalue weighted by Crippen LogP contribution is 2.17. The Morgan fingerprint density at radius 3 is 2.30 bits per heavy atom. The highest BCUT2D eigenvalue weighted by molar-refractivity contribution is 7.90. The molecule has 0 aliphatic rings. The van der Waals surface area contributed by atoms with Crippen LogP contribution in [0.25, 0.3) is 0 Å². The summed E-state index contributed by atoms with van der Waals surface area (Å²) in [5.74, 6) is 0.172. The monoisotopic (exact) mass is 456 g/mol. The highest BCUT2D eigenvalue weighted by Gasteiger charge is 2.16. The van der Waals surface area contributed by atoms with Gasteiger partial charge in [0.25, 0.3) is 15.9 Å². The molecular weight excluding hydrogens is 432 g/mol. The van der Waals surface area contributed by atoms with Crippen molar-refractivity contribution >= 4 is 25.8 Å². The van der Waals surface area contributed by atoms with Gasteiger partial charge in [-0.25, -0.2) is 16.8 Å². The van der Waals surface area contributed by atoms with Crippen molar-refractivity contribution in [2.75, 3.05) is 33.6 Å². The molecule has 9 nitrogen and oxygen atoms in total. The predicted octanol–water partition coefficient (Wildman–Crippen LogP) is 1.47. The van der Waals surface area contributed by atoms with Crippen LogP contribution >= 0.6 is 0 Å². The molecule has 2 aromatic carbocycles. The lowest BCUT2D eigenvalue weighted by Crippen LogP contribution is -2.28. The average Bonchev–Trinajstić information content (AvgIpc) is 2.70. The van der Waals surface area contributed by atoms with E-state index in [1.54, 1.807) is 19.2 Å². The van der Waals surface area contributed by atoms with E-state index < -0.39 is 19.9 Å². The third-order valence-electron chi connectivity index (χ3n) is 4.09. The minimum Gasteiger partial charge on any atom is -0.493 e. The zero-order valence-electron chi connectivity index (χ0n) is 16.9. The molecule has 0 bridgehead atoms. The molecule has 2 aromatic rings. The van der Waals surface area contributed by atoms with Gasteiger partial charge in [-0.3, -0.25) is 9.63 Å². The Hall–Kier alpha value is -2.47. The van der Waals surface area contributed by atoms with Crippen LogP contribution in [0.3, 0.4) is 0 Å². The third kappa shape index (κ3) is 6.52. The zero-order chi connectivity index (χ0) is 22.4. The molecule has 0 atom stereocenters. The molecule has 2 rings (SSSR count). The fourth-order valence-corrected chi connectivity index (χ4v) is 4.01. The number of nitrogens with zero attached hydrogens (tertiary/aromatic N) is 1. The van der Waals surface area contributed by atoms with Crippen molar-refractivity contribution in [2.24, 2.45) is 0 Å². The molecule has 0 aliphatic carbocycles. The summed E-state index contributed by atoms with van der Waals surface area (Å²) in [4.78, 5) is 20.5. The van der Waals surface area contributed by atoms with Crippen LogP contribution in [0.1, 0.15) is 16.8 Å². The number of benzene rings is 2. The summed E-state index contributed by atoms with van der Waals surface area (Å²) in [6.07, 6.45) is 1.65. The average molecular weight is 457 g/mol. The first-order chi connectivity index (χ1) is 14.0. The molecule has 11 heteroatoms. The van der Waals surface area contributed by atoms with Crippen LogP contribution in [-0.4, -0.2) is 61.2 Å². The summed E-state index contributed by atoms with van der Waals surface area (Å²) in [6, 6.07) is 11.7. The van der Waals surface area contributed by atoms with Gasteiger partial charge in [0.05, 0.1) is 23.5 Å². The minimum atomic E-state index is -3.78. The van der Waals surface area contributed by atoms with Crippen LogP contribution < -0.4 is 9.62 Å². The number of sulfone groups is 1. The maximum atomic E-state index is 12.5. The molecule has 0 aromatic heterocycles. The van der Waals surface area contributed by atoms with E-state index in [0.717, 1.165) is 6.26 Å². The van der Waals surface area contributed by atoms with Gasteiger partial charge >= 0.3 is 0 Å². The normalized spacial score (nSPS) is 11.8. The second-order valence-electron chi connectivity index (χ2n) is 6.49. The van der Waals surface area contributed by atoms with Crippen molar-refractivity contribution in [3.63, 3.8) is 0 Å². The SMILES string of the molecule is CONS(=O)(=O)c1ccc(C(=O)N(C)CCCOc2cccc(S(C)(=O)=O)c2)cc1. The molecular formula is C19H24N2O7S2. The summed E-state index contributed by atoms with van der Waals surface area (Å²) in [5, 5.41) is 0. The van der Waals surface area contributed by atoms with E-state index in [4.69, 9.17) is 4.74 Å². The number of rotatable bonds is 10. The van der Waals surface area contributed by atoms with Crippen molar-refractivity contribution in [1.29, 1.82) is 0 Å². The van der Waals surface area contributed by atoms with Gasteiger partial charge in [0.1, 0.15) is 5.75 Å². The Morgan fingerprint density at radius 2 is 1.70 bits per heavy atom. The van der Waals surface area contributed by atoms with Gasteiger partial charge in [0.15, 0.2) is 9.84 Å². The molecule has 164 valence electrons. The van der Waals surface area contributed by atoms with E-state index >= 15 is 0 Å². The van der Waals surface area contributed by atoms with Crippen LogP contribution in [0.2, 0.25) is 0 Å². The molecule has 30 heavy (non-hydrogen) atoms. The molecule has 0 heterocycles. The van der Waals surface area contributed by atoms with Gasteiger partial charge in [0.2, 0.25) is 0 Å². The van der Waals surface area contributed by atoms with Crippen LogP contribution in [0.5, 0.6) is 5.75 Å². The van der Waals surface area contributed by atoms with E-state index in [0.29, 0.717) is 30.9 Å². The zero-order valence-corrected chi connectivity index (χ0v) is 18.5. The molecule has 0 unspecified atom stereocenters. The Kier molecular flexibility index (Phi) is 7.96. The summed E-state index contributed by atoms with van der Waals surface area (Å²) in [7, 11) is -4.27. The van der Waals surface area contributed by atoms with Crippen molar-refractivity contribution in [3.8, 4) is 5.75 Å². The number of amides is 1. The fourth-order valence-electron chi connectivity index (χ4n) is 2.54. The number of hydrogen-bond acceptors (Lipinski definition) is 7. The summed E-state index contributed by atoms with van der Waals surface area (Å²) >= 11 is 0. The predicted molar refractivity (Wildman–Crippen MR) is 110 cm³/mol. The first-order valence-corrected chi connectivity index (χ1v) is 12.3. The Balaban J connectivity index is 1.88. The van der Waals surface area contributed by atoms with Gasteiger partial charge < -0.3 is 9.64 Å². The molecule has 0 fully saturated rings. The molecule has 0 spiro atoms. The van der Waals surface area contributed by atoms with E-state index in [2.05, 4.69) is 4.84 Å². The maximum Gasteiger partial charge on any atom is 0.262 e. The minimum absolute atomic E-state index is 0.0201. The highest BCUT2D eigenvalue weighted by atomic mass is 32.2. The van der Waals surface area contributed by atoms with E-state index in [1.807, 2.05) is 4.89 Å². The number of ether oxygens (including phenoxy) is 1. The second kappa shape index (κ2) is 10.0. The lowest BCUT2D eigenvalue weighted by Gasteiger charge is -2.17. The van der Waals surface area contributed by atoms with Crippen molar-refractivity contribution in [3.05, 3.63) is 54.1 Å². The lowest BCUT2D eigenvalue weighted by atomic mass is 10.2. The van der Waals surface area contributed by atoms with Gasteiger partial charge in [-0.05, 0) is 48.9 Å². The smallest absolute Gasteiger partial charge is 0.262 e. The summed E-state index contributed by atoms with van der Waals surface area (Å²) in [6.45, 7) is 0.695. The first kappa shape index (κ1) is 23.8. The lowest BCUT2D eigenvalue weighted by molar-refractivity contribution is 0.0787. The Labute approximate surface area is 176 Å². The van der Waals surface area contributed by atoms with E-state index in [1.165, 1.54) is 48.4 Å².